The van der Waals surface area contributed by atoms with Crippen molar-refractivity contribution in [2.75, 3.05) is 11.6 Å². The zero-order valence-corrected chi connectivity index (χ0v) is 13.3. The molecule has 3 heterocycles. The molecule has 0 amide bonds. The zero-order chi connectivity index (χ0) is 17.6. The number of hydrogen-bond acceptors (Lipinski definition) is 4. The second kappa shape index (κ2) is 5.51. The summed E-state index contributed by atoms with van der Waals surface area (Å²) in [6.45, 7) is 0.481. The second-order valence-electron chi connectivity index (χ2n) is 5.69. The number of aryl methyl sites for hydroxylation is 1. The highest BCUT2D eigenvalue weighted by Gasteiger charge is 2.35. The van der Waals surface area contributed by atoms with Crippen LogP contribution in [0.1, 0.15) is 5.56 Å². The van der Waals surface area contributed by atoms with E-state index < -0.39 is 11.7 Å². The summed E-state index contributed by atoms with van der Waals surface area (Å²) < 4.78 is 41.8. The summed E-state index contributed by atoms with van der Waals surface area (Å²) in [6, 6.07) is 5.54. The molecule has 1 aromatic carbocycles. The van der Waals surface area contributed by atoms with E-state index in [1.165, 1.54) is 16.8 Å². The lowest BCUT2D eigenvalue weighted by Gasteiger charge is -2.29. The maximum atomic E-state index is 13.4. The number of halogens is 3. The molecule has 128 valence electrons. The Bertz CT molecular complexity index is 907. The molecule has 0 unspecified atom stereocenters. The Balaban J connectivity index is 1.82. The largest absolute Gasteiger partial charge is 0.417 e. The van der Waals surface area contributed by atoms with E-state index in [9.17, 15) is 13.2 Å². The van der Waals surface area contributed by atoms with Crippen LogP contribution < -0.4 is 5.01 Å². The standard InChI is InChI=1S/C17H14F3N5/c1-23-11-13(12-5-2-3-6-14(12)17(18,19)20)16(22-23)25-10-7-15-21-8-4-9-24(15)25/h2-9,11H,10H2,1H3. The molecule has 0 N–H and O–H groups in total. The number of hydrazine groups is 1. The minimum Gasteiger partial charge on any atom is -0.273 e. The summed E-state index contributed by atoms with van der Waals surface area (Å²) in [5, 5.41) is 7.97. The molecule has 2 aliphatic heterocycles. The fourth-order valence-electron chi connectivity index (χ4n) is 2.99. The molecule has 1 aromatic heterocycles. The highest BCUT2D eigenvalue weighted by atomic mass is 19.4. The predicted octanol–water partition coefficient (Wildman–Crippen LogP) is 3.58. The lowest BCUT2D eigenvalue weighted by Crippen LogP contribution is -2.34. The second-order valence-corrected chi connectivity index (χ2v) is 5.69. The first-order valence-corrected chi connectivity index (χ1v) is 7.63. The molecule has 2 aromatic rings. The Morgan fingerprint density at radius 3 is 2.72 bits per heavy atom. The van der Waals surface area contributed by atoms with Crippen molar-refractivity contribution in [2.45, 2.75) is 6.18 Å². The van der Waals surface area contributed by atoms with Gasteiger partial charge in [-0.1, -0.05) is 18.2 Å². The first kappa shape index (κ1) is 15.5. The molecule has 5 nitrogen and oxygen atoms in total. The lowest BCUT2D eigenvalue weighted by molar-refractivity contribution is -0.137. The van der Waals surface area contributed by atoms with Crippen LogP contribution in [0.15, 0.2) is 59.6 Å². The molecule has 0 radical (unpaired) electrons. The van der Waals surface area contributed by atoms with Crippen molar-refractivity contribution in [3.8, 4) is 11.1 Å². The van der Waals surface area contributed by atoms with Gasteiger partial charge in [-0.25, -0.2) is 10.0 Å². The van der Waals surface area contributed by atoms with Crippen LogP contribution in [0, 0.1) is 0 Å². The highest BCUT2D eigenvalue weighted by molar-refractivity contribution is 5.79. The number of aromatic nitrogens is 2. The molecule has 0 spiro atoms. The molecule has 0 atom stereocenters. The molecule has 2 aliphatic rings. The van der Waals surface area contributed by atoms with Gasteiger partial charge in [-0.15, -0.1) is 0 Å². The maximum absolute atomic E-state index is 13.4. The number of benzene rings is 1. The summed E-state index contributed by atoms with van der Waals surface area (Å²) in [7, 11) is 1.69. The number of anilines is 1. The topological polar surface area (TPSA) is 36.7 Å². The molecule has 0 bridgehead atoms. The average Bonchev–Trinajstić information content (AvgIpc) is 3.17. The summed E-state index contributed by atoms with van der Waals surface area (Å²) in [5.41, 5.74) is -0.145. The Labute approximate surface area is 142 Å². The van der Waals surface area contributed by atoms with Gasteiger partial charge in [-0.05, 0) is 23.8 Å². The van der Waals surface area contributed by atoms with Crippen molar-refractivity contribution < 1.29 is 13.2 Å². The van der Waals surface area contributed by atoms with Crippen LogP contribution in [0.2, 0.25) is 0 Å². The van der Waals surface area contributed by atoms with E-state index in [1.54, 1.807) is 47.8 Å². The third-order valence-electron chi connectivity index (χ3n) is 4.04. The molecule has 0 saturated heterocycles. The van der Waals surface area contributed by atoms with Gasteiger partial charge in [0.05, 0.1) is 12.1 Å². The van der Waals surface area contributed by atoms with E-state index >= 15 is 0 Å². The fourth-order valence-corrected chi connectivity index (χ4v) is 2.99. The minimum atomic E-state index is -4.44. The number of nitrogens with zero attached hydrogens (tertiary/aromatic N) is 5. The van der Waals surface area contributed by atoms with E-state index in [0.717, 1.165) is 11.9 Å². The molecule has 8 heteroatoms. The van der Waals surface area contributed by atoms with Crippen molar-refractivity contribution in [1.82, 2.24) is 14.8 Å². The maximum Gasteiger partial charge on any atom is 0.417 e. The lowest BCUT2D eigenvalue weighted by atomic mass is 10.0. The van der Waals surface area contributed by atoms with Crippen LogP contribution in [-0.2, 0) is 13.2 Å². The number of alkyl halides is 3. The Morgan fingerprint density at radius 2 is 1.92 bits per heavy atom. The van der Waals surface area contributed by atoms with Gasteiger partial charge < -0.3 is 0 Å². The molecular formula is C17H14F3N5. The van der Waals surface area contributed by atoms with Gasteiger partial charge in [0.2, 0.25) is 0 Å². The first-order chi connectivity index (χ1) is 11.9. The SMILES string of the molecule is Cn1cc(-c2ccccc2C(F)(F)F)c(N2CC=C3N=CC=CN32)n1. The van der Waals surface area contributed by atoms with E-state index in [0.29, 0.717) is 17.9 Å². The third kappa shape index (κ3) is 2.59. The van der Waals surface area contributed by atoms with Crippen LogP contribution >= 0.6 is 0 Å². The smallest absolute Gasteiger partial charge is 0.273 e. The van der Waals surface area contributed by atoms with Crippen LogP contribution in [0.5, 0.6) is 0 Å². The van der Waals surface area contributed by atoms with Crippen molar-refractivity contribution in [3.05, 3.63) is 60.2 Å². The van der Waals surface area contributed by atoms with Gasteiger partial charge in [0.15, 0.2) is 5.82 Å². The van der Waals surface area contributed by atoms with Gasteiger partial charge in [-0.2, -0.15) is 18.3 Å². The molecule has 0 fully saturated rings. The Kier molecular flexibility index (Phi) is 3.41. The summed E-state index contributed by atoms with van der Waals surface area (Å²) in [4.78, 5) is 4.25. The van der Waals surface area contributed by atoms with Crippen LogP contribution in [0.25, 0.3) is 11.1 Å². The zero-order valence-electron chi connectivity index (χ0n) is 13.3. The number of allylic oxidation sites excluding steroid dienone is 1. The van der Waals surface area contributed by atoms with Gasteiger partial charge >= 0.3 is 6.18 Å². The fraction of sp³-hybridized carbons (Fsp3) is 0.176. The third-order valence-corrected chi connectivity index (χ3v) is 4.04. The van der Waals surface area contributed by atoms with Crippen LogP contribution in [0.4, 0.5) is 19.0 Å². The van der Waals surface area contributed by atoms with Gasteiger partial charge in [0.25, 0.3) is 0 Å². The van der Waals surface area contributed by atoms with Gasteiger partial charge in [-0.3, -0.25) is 9.69 Å². The van der Waals surface area contributed by atoms with E-state index in [1.807, 2.05) is 6.08 Å². The average molecular weight is 345 g/mol. The molecule has 4 rings (SSSR count). The van der Waals surface area contributed by atoms with E-state index in [-0.39, 0.29) is 5.56 Å². The molecule has 0 saturated carbocycles. The van der Waals surface area contributed by atoms with Crippen molar-refractivity contribution in [1.29, 1.82) is 0 Å². The monoisotopic (exact) mass is 345 g/mol. The Hall–Kier alpha value is -3.03. The highest BCUT2D eigenvalue weighted by Crippen LogP contribution is 2.41. The van der Waals surface area contributed by atoms with Gasteiger partial charge in [0.1, 0.15) is 5.82 Å². The summed E-state index contributed by atoms with van der Waals surface area (Å²) in [6.07, 6.45) is 4.31. The Morgan fingerprint density at radius 1 is 1.12 bits per heavy atom. The van der Waals surface area contributed by atoms with Crippen molar-refractivity contribution in [2.24, 2.45) is 12.0 Å². The minimum absolute atomic E-state index is 0.107. The molecule has 0 aliphatic carbocycles. The van der Waals surface area contributed by atoms with Crippen molar-refractivity contribution in [3.63, 3.8) is 0 Å². The number of hydrogen-bond donors (Lipinski definition) is 0. The van der Waals surface area contributed by atoms with E-state index in [2.05, 4.69) is 10.1 Å². The summed E-state index contributed by atoms with van der Waals surface area (Å²) >= 11 is 0. The normalized spacial score (nSPS) is 16.4. The first-order valence-electron chi connectivity index (χ1n) is 7.63. The van der Waals surface area contributed by atoms with Gasteiger partial charge in [0, 0.05) is 31.2 Å². The van der Waals surface area contributed by atoms with Crippen molar-refractivity contribution >= 4 is 12.0 Å². The van der Waals surface area contributed by atoms with Crippen LogP contribution in [-0.4, -0.2) is 27.5 Å². The molecule has 25 heavy (non-hydrogen) atoms. The molecular weight excluding hydrogens is 331 g/mol. The summed E-state index contributed by atoms with van der Waals surface area (Å²) in [5.74, 6) is 1.18. The number of rotatable bonds is 2. The van der Waals surface area contributed by atoms with Crippen LogP contribution in [0.3, 0.4) is 0 Å². The quantitative estimate of drug-likeness (QED) is 0.835. The predicted molar refractivity (Wildman–Crippen MR) is 88.5 cm³/mol. The number of aliphatic imine (C=N–C) groups is 1. The number of fused-ring (bicyclic) bond motifs is 1. The van der Waals surface area contributed by atoms with E-state index in [4.69, 9.17) is 0 Å².